The van der Waals surface area contributed by atoms with E-state index in [1.807, 2.05) is 41.1 Å². The number of pyridine rings is 1. The van der Waals surface area contributed by atoms with Crippen molar-refractivity contribution in [2.75, 3.05) is 7.11 Å². The molecule has 3 aromatic heterocycles. The van der Waals surface area contributed by atoms with Crippen molar-refractivity contribution >= 4 is 0 Å². The van der Waals surface area contributed by atoms with Crippen LogP contribution in [0.15, 0.2) is 71.9 Å². The molecule has 0 saturated heterocycles. The summed E-state index contributed by atoms with van der Waals surface area (Å²) in [5, 5.41) is 14.4. The zero-order chi connectivity index (χ0) is 27.2. The smallest absolute Gasteiger partial charge is 0.333 e. The number of unbranched alkanes of at least 4 members (excludes halogenated alkanes) is 1. The molecule has 0 bridgehead atoms. The van der Waals surface area contributed by atoms with Gasteiger partial charge in [0.05, 0.1) is 19.3 Å². The van der Waals surface area contributed by atoms with E-state index in [1.165, 1.54) is 0 Å². The van der Waals surface area contributed by atoms with Crippen molar-refractivity contribution in [2.24, 2.45) is 0 Å². The number of nitrogens with one attached hydrogen (secondary N) is 1. The molecule has 200 valence electrons. The van der Waals surface area contributed by atoms with Gasteiger partial charge in [0.2, 0.25) is 5.82 Å². The van der Waals surface area contributed by atoms with Gasteiger partial charge in [-0.3, -0.25) is 14.1 Å². The Labute approximate surface area is 227 Å². The maximum atomic E-state index is 13.9. The highest BCUT2D eigenvalue weighted by molar-refractivity contribution is 5.79. The van der Waals surface area contributed by atoms with Crippen molar-refractivity contribution < 1.29 is 4.74 Å². The van der Waals surface area contributed by atoms with Crippen LogP contribution < -0.4 is 10.4 Å². The summed E-state index contributed by atoms with van der Waals surface area (Å²) in [6.07, 6.45) is 10.3. The molecule has 39 heavy (non-hydrogen) atoms. The molecule has 0 radical (unpaired) electrons. The van der Waals surface area contributed by atoms with Crippen LogP contribution in [-0.4, -0.2) is 41.9 Å². The monoisotopic (exact) mass is 523 g/mol. The van der Waals surface area contributed by atoms with E-state index in [9.17, 15) is 4.79 Å². The molecule has 0 amide bonds. The number of rotatable bonds is 11. The van der Waals surface area contributed by atoms with Crippen LogP contribution in [0.2, 0.25) is 0 Å². The summed E-state index contributed by atoms with van der Waals surface area (Å²) in [7, 11) is 1.66. The Morgan fingerprint density at radius 1 is 0.974 bits per heavy atom. The van der Waals surface area contributed by atoms with Gasteiger partial charge in [-0.2, -0.15) is 5.21 Å². The van der Waals surface area contributed by atoms with Gasteiger partial charge in [-0.15, -0.1) is 10.2 Å². The molecule has 0 aliphatic heterocycles. The third kappa shape index (κ3) is 5.38. The highest BCUT2D eigenvalue weighted by Gasteiger charge is 2.19. The van der Waals surface area contributed by atoms with Crippen LogP contribution in [0.5, 0.6) is 5.75 Å². The first-order valence-corrected chi connectivity index (χ1v) is 13.4. The first-order valence-electron chi connectivity index (χ1n) is 13.4. The van der Waals surface area contributed by atoms with Gasteiger partial charge in [0.1, 0.15) is 5.75 Å². The standard InChI is InChI=1S/C30H33N7O2/c1-4-6-10-24-20-37(28-23(8-5-2)9-7-11-27(28)39-3)30(38)36(24)19-21-12-14-22(15-13-21)26-18-31-17-16-25(26)29-32-34-35-33-29/h7,9,11-18,20H,4-6,8,10,19H2,1-3H3,(H,32,33,34,35). The average molecular weight is 524 g/mol. The van der Waals surface area contributed by atoms with Crippen molar-refractivity contribution in [3.8, 4) is 34.0 Å². The fourth-order valence-electron chi connectivity index (χ4n) is 4.96. The topological polar surface area (TPSA) is 104 Å². The Morgan fingerprint density at radius 2 is 1.82 bits per heavy atom. The molecule has 5 rings (SSSR count). The minimum absolute atomic E-state index is 0.0568. The van der Waals surface area contributed by atoms with Crippen LogP contribution in [0, 0.1) is 0 Å². The van der Waals surface area contributed by atoms with Gasteiger partial charge in [0.15, 0.2) is 0 Å². The number of aromatic amines is 1. The Hall–Kier alpha value is -4.53. The van der Waals surface area contributed by atoms with E-state index >= 15 is 0 Å². The Morgan fingerprint density at radius 3 is 2.54 bits per heavy atom. The maximum absolute atomic E-state index is 13.9. The second-order valence-electron chi connectivity index (χ2n) is 9.53. The molecule has 0 saturated carbocycles. The van der Waals surface area contributed by atoms with E-state index in [-0.39, 0.29) is 5.69 Å². The summed E-state index contributed by atoms with van der Waals surface area (Å²) in [6, 6.07) is 16.1. The molecule has 1 N–H and O–H groups in total. The zero-order valence-electron chi connectivity index (χ0n) is 22.6. The predicted octanol–water partition coefficient (Wildman–Crippen LogP) is 5.23. The van der Waals surface area contributed by atoms with E-state index in [2.05, 4.69) is 57.7 Å². The van der Waals surface area contributed by atoms with Gasteiger partial charge in [0, 0.05) is 35.4 Å². The normalized spacial score (nSPS) is 11.2. The lowest BCUT2D eigenvalue weighted by Crippen LogP contribution is -2.25. The number of aromatic nitrogens is 7. The summed E-state index contributed by atoms with van der Waals surface area (Å²) in [4.78, 5) is 18.2. The molecule has 3 heterocycles. The van der Waals surface area contributed by atoms with Crippen molar-refractivity contribution in [1.82, 2.24) is 34.7 Å². The number of benzene rings is 2. The molecule has 2 aromatic carbocycles. The zero-order valence-corrected chi connectivity index (χ0v) is 22.6. The van der Waals surface area contributed by atoms with Gasteiger partial charge in [-0.25, -0.2) is 4.79 Å². The first kappa shape index (κ1) is 26.1. The molecule has 9 nitrogen and oxygen atoms in total. The Bertz CT molecular complexity index is 1580. The molecule has 9 heteroatoms. The van der Waals surface area contributed by atoms with E-state index in [0.717, 1.165) is 71.3 Å². The predicted molar refractivity (Wildman–Crippen MR) is 151 cm³/mol. The molecular formula is C30H33N7O2. The van der Waals surface area contributed by atoms with Crippen molar-refractivity contribution in [2.45, 2.75) is 52.5 Å². The molecule has 0 aliphatic carbocycles. The molecule has 5 aromatic rings. The molecule has 0 fully saturated rings. The van der Waals surface area contributed by atoms with Crippen LogP contribution >= 0.6 is 0 Å². The lowest BCUT2D eigenvalue weighted by atomic mass is 10.0. The summed E-state index contributed by atoms with van der Waals surface area (Å²) < 4.78 is 9.36. The Kier molecular flexibility index (Phi) is 7.96. The number of aryl methyl sites for hydroxylation is 2. The van der Waals surface area contributed by atoms with Gasteiger partial charge in [0.25, 0.3) is 0 Å². The second-order valence-corrected chi connectivity index (χ2v) is 9.53. The molecule has 0 unspecified atom stereocenters. The highest BCUT2D eigenvalue weighted by atomic mass is 16.5. The van der Waals surface area contributed by atoms with Gasteiger partial charge in [-0.1, -0.05) is 63.1 Å². The quantitative estimate of drug-likeness (QED) is 0.254. The number of para-hydroxylation sites is 1. The highest BCUT2D eigenvalue weighted by Crippen LogP contribution is 2.30. The number of nitrogens with zero attached hydrogens (tertiary/aromatic N) is 6. The molecular weight excluding hydrogens is 490 g/mol. The van der Waals surface area contributed by atoms with Gasteiger partial charge in [-0.05, 0) is 53.3 Å². The maximum Gasteiger partial charge on any atom is 0.333 e. The SMILES string of the molecule is CCCCc1cn(-c2c(CCC)cccc2OC)c(=O)n1Cc1ccc(-c2cnccc2-c2nn[nH]n2)cc1. The number of methoxy groups -OCH3 is 1. The van der Waals surface area contributed by atoms with Crippen LogP contribution in [0.25, 0.3) is 28.2 Å². The minimum Gasteiger partial charge on any atom is -0.495 e. The lowest BCUT2D eigenvalue weighted by Gasteiger charge is -2.13. The fourth-order valence-corrected chi connectivity index (χ4v) is 4.96. The fraction of sp³-hybridized carbons (Fsp3) is 0.300. The number of hydrogen-bond donors (Lipinski definition) is 1. The first-order chi connectivity index (χ1) is 19.1. The number of imidazole rings is 1. The third-order valence-corrected chi connectivity index (χ3v) is 6.92. The van der Waals surface area contributed by atoms with Crippen molar-refractivity contribution in [3.63, 3.8) is 0 Å². The molecule has 0 spiro atoms. The Balaban J connectivity index is 1.51. The van der Waals surface area contributed by atoms with Crippen molar-refractivity contribution in [1.29, 1.82) is 0 Å². The average Bonchev–Trinajstić information content (AvgIpc) is 3.61. The van der Waals surface area contributed by atoms with E-state index in [0.29, 0.717) is 18.1 Å². The van der Waals surface area contributed by atoms with E-state index in [1.54, 1.807) is 24.1 Å². The largest absolute Gasteiger partial charge is 0.495 e. The number of tetrazole rings is 1. The van der Waals surface area contributed by atoms with Crippen LogP contribution in [0.1, 0.15) is 49.9 Å². The van der Waals surface area contributed by atoms with Crippen LogP contribution in [0.3, 0.4) is 0 Å². The van der Waals surface area contributed by atoms with Crippen LogP contribution in [-0.2, 0) is 19.4 Å². The van der Waals surface area contributed by atoms with E-state index < -0.39 is 0 Å². The third-order valence-electron chi connectivity index (χ3n) is 6.92. The number of H-pyrrole nitrogens is 1. The van der Waals surface area contributed by atoms with E-state index in [4.69, 9.17) is 4.74 Å². The summed E-state index contributed by atoms with van der Waals surface area (Å²) >= 11 is 0. The van der Waals surface area contributed by atoms with Crippen molar-refractivity contribution in [3.05, 3.63) is 94.4 Å². The minimum atomic E-state index is -0.0568. The summed E-state index contributed by atoms with van der Waals surface area (Å²) in [5.74, 6) is 1.23. The summed E-state index contributed by atoms with van der Waals surface area (Å²) in [6.45, 7) is 4.79. The number of hydrogen-bond acceptors (Lipinski definition) is 6. The lowest BCUT2D eigenvalue weighted by molar-refractivity contribution is 0.411. The molecule has 0 atom stereocenters. The van der Waals surface area contributed by atoms with Gasteiger partial charge < -0.3 is 4.74 Å². The second kappa shape index (κ2) is 11.9. The van der Waals surface area contributed by atoms with Gasteiger partial charge >= 0.3 is 5.69 Å². The number of ether oxygens (including phenoxy) is 1. The molecule has 0 aliphatic rings. The van der Waals surface area contributed by atoms with Crippen LogP contribution in [0.4, 0.5) is 0 Å². The summed E-state index contributed by atoms with van der Waals surface area (Å²) in [5.41, 5.74) is 6.69.